The van der Waals surface area contributed by atoms with Crippen LogP contribution in [0.1, 0.15) is 133 Å². The third-order valence-corrected chi connectivity index (χ3v) is 10.6. The molecule has 0 radical (unpaired) electrons. The molecule has 1 saturated carbocycles. The van der Waals surface area contributed by atoms with Crippen molar-refractivity contribution < 1.29 is 49.0 Å². The first-order valence-electron chi connectivity index (χ1n) is 17.1. The van der Waals surface area contributed by atoms with Gasteiger partial charge in [-0.15, -0.1) is 16.7 Å². The van der Waals surface area contributed by atoms with E-state index in [-0.39, 0.29) is 35.6 Å². The number of benzene rings is 3. The molecule has 3 aliphatic rings. The summed E-state index contributed by atoms with van der Waals surface area (Å²) in [6.45, 7) is 25.1. The molecule has 6 rings (SSSR count). The quantitative estimate of drug-likeness (QED) is 0.223. The standard InChI is InChI=1S/C23H29.C13H19.C8H8.2ClH.Zr/c1-14-9-16-11-17-10-15(2)21(23(6,7)8)13-19(17)18(16)12-20(14)22(3,4)5;1-11-6-7-12(10-11)13(2)8-4-3-5-9-13;1-2-8-6-4-3-5-7-8;;;/h9,12-13H,11H2,1-8H3;7,10-11H,3-5,8-9H2,1-2H3;3-7H,1H3;2*1H;/q2*-1;;;;+2/p-2. The Balaban J connectivity index is 0.000000270. The van der Waals surface area contributed by atoms with Gasteiger partial charge in [0, 0.05) is 0 Å². The summed E-state index contributed by atoms with van der Waals surface area (Å²) in [5.74, 6) is 0.550. The predicted molar refractivity (Wildman–Crippen MR) is 193 cm³/mol. The Morgan fingerprint density at radius 3 is 1.89 bits per heavy atom. The van der Waals surface area contributed by atoms with Crippen LogP contribution in [0.5, 0.6) is 0 Å². The average Bonchev–Trinajstić information content (AvgIpc) is 3.55. The Kier molecular flexibility index (Phi) is 15.0. The maximum absolute atomic E-state index is 3.69. The second kappa shape index (κ2) is 16.9. The fourth-order valence-electron chi connectivity index (χ4n) is 7.29. The molecule has 0 amide bonds. The number of rotatable bonds is 2. The summed E-state index contributed by atoms with van der Waals surface area (Å²) in [6, 6.07) is 21.4. The number of halogens is 2. The van der Waals surface area contributed by atoms with Crippen LogP contribution in [0.4, 0.5) is 0 Å². The van der Waals surface area contributed by atoms with Gasteiger partial charge in [0.15, 0.2) is 0 Å². The summed E-state index contributed by atoms with van der Waals surface area (Å²) >= 11 is 1.51. The van der Waals surface area contributed by atoms with Crippen molar-refractivity contribution in [3.63, 3.8) is 0 Å². The SMILES string of the molecule is CC1[C-]=CC(C2(C)CCCCC2)=C1.C[C](=[Zr+2])c1ccccc1.Cc1[c-]c2c(cc1C(C)(C)C)-c1cc(C(C)(C)C)c(C)cc1C2.[Cl-].[Cl-]. The third kappa shape index (κ3) is 10.5. The smallest absolute Gasteiger partial charge is 0.0129 e. The zero-order chi connectivity index (χ0) is 33.2. The Hall–Kier alpha value is -1.53. The van der Waals surface area contributed by atoms with E-state index in [1.165, 1.54) is 110 Å². The van der Waals surface area contributed by atoms with Gasteiger partial charge >= 0.3 is 70.3 Å². The van der Waals surface area contributed by atoms with E-state index >= 15 is 0 Å². The molecule has 0 heterocycles. The maximum atomic E-state index is 3.69. The molecule has 3 aromatic carbocycles. The van der Waals surface area contributed by atoms with E-state index in [1.54, 1.807) is 5.57 Å². The fourth-order valence-corrected chi connectivity index (χ4v) is 7.70. The fraction of sp³-hybridized carbons (Fsp3) is 0.477. The molecule has 3 aromatic rings. The second-order valence-electron chi connectivity index (χ2n) is 16.0. The van der Waals surface area contributed by atoms with Crippen LogP contribution in [0.2, 0.25) is 0 Å². The van der Waals surface area contributed by atoms with Gasteiger partial charge in [0.2, 0.25) is 0 Å². The minimum atomic E-state index is 0. The van der Waals surface area contributed by atoms with Crippen molar-refractivity contribution in [3.8, 4) is 11.1 Å². The third-order valence-electron chi connectivity index (χ3n) is 9.87. The summed E-state index contributed by atoms with van der Waals surface area (Å²) < 4.78 is 1.46. The first-order chi connectivity index (χ1) is 21.0. The van der Waals surface area contributed by atoms with Gasteiger partial charge in [-0.25, -0.2) is 6.08 Å². The maximum Gasteiger partial charge on any atom is -0.0129 e. The van der Waals surface area contributed by atoms with Crippen LogP contribution in [0.3, 0.4) is 0 Å². The molecule has 1 atom stereocenters. The van der Waals surface area contributed by atoms with Crippen molar-refractivity contribution in [1.29, 1.82) is 0 Å². The van der Waals surface area contributed by atoms with Crippen molar-refractivity contribution in [2.75, 3.05) is 0 Å². The Morgan fingerprint density at radius 1 is 0.830 bits per heavy atom. The largest absolute Gasteiger partial charge is 1.00 e. The Bertz CT molecular complexity index is 1500. The number of hydrogen-bond acceptors (Lipinski definition) is 0. The predicted octanol–water partition coefficient (Wildman–Crippen LogP) is 5.94. The van der Waals surface area contributed by atoms with Gasteiger partial charge in [-0.1, -0.05) is 129 Å². The Labute approximate surface area is 315 Å². The van der Waals surface area contributed by atoms with Crippen molar-refractivity contribution in [2.24, 2.45) is 11.3 Å². The molecule has 3 heteroatoms. The summed E-state index contributed by atoms with van der Waals surface area (Å²) in [5.41, 5.74) is 15.0. The minimum Gasteiger partial charge on any atom is -1.00 e. The molecule has 0 aliphatic heterocycles. The van der Waals surface area contributed by atoms with Crippen LogP contribution >= 0.6 is 0 Å². The van der Waals surface area contributed by atoms with Crippen molar-refractivity contribution in [2.45, 2.75) is 126 Å². The number of fused-ring (bicyclic) bond motifs is 3. The van der Waals surface area contributed by atoms with Gasteiger partial charge < -0.3 is 24.8 Å². The van der Waals surface area contributed by atoms with Crippen LogP contribution in [0, 0.1) is 37.3 Å². The summed E-state index contributed by atoms with van der Waals surface area (Å²) in [6.07, 6.45) is 16.0. The zero-order valence-corrected chi connectivity index (χ0v) is 34.8. The van der Waals surface area contributed by atoms with E-state index in [2.05, 4.69) is 143 Å². The summed E-state index contributed by atoms with van der Waals surface area (Å²) in [5, 5.41) is 0. The van der Waals surface area contributed by atoms with E-state index in [1.807, 2.05) is 6.07 Å². The molecule has 0 aromatic heterocycles. The van der Waals surface area contributed by atoms with Crippen LogP contribution in [0.25, 0.3) is 11.1 Å². The van der Waals surface area contributed by atoms with Gasteiger partial charge in [-0.2, -0.15) is 29.3 Å². The molecular formula is C44H56Cl2Zr-2. The summed E-state index contributed by atoms with van der Waals surface area (Å²) in [4.78, 5) is 0. The molecule has 1 fully saturated rings. The first kappa shape index (κ1) is 41.6. The molecule has 0 N–H and O–H groups in total. The normalized spacial score (nSPS) is 17.4. The monoisotopic (exact) mass is 744 g/mol. The van der Waals surface area contributed by atoms with E-state index in [9.17, 15) is 0 Å². The molecule has 0 nitrogen and oxygen atoms in total. The van der Waals surface area contributed by atoms with Crippen LogP contribution < -0.4 is 24.8 Å². The summed E-state index contributed by atoms with van der Waals surface area (Å²) in [7, 11) is 0. The van der Waals surface area contributed by atoms with Crippen LogP contribution in [0.15, 0.2) is 66.3 Å². The molecular weight excluding hydrogens is 691 g/mol. The van der Waals surface area contributed by atoms with Crippen LogP contribution in [-0.2, 0) is 41.5 Å². The van der Waals surface area contributed by atoms with Crippen molar-refractivity contribution in [1.82, 2.24) is 0 Å². The average molecular weight is 747 g/mol. The number of aryl methyl sites for hydroxylation is 2. The van der Waals surface area contributed by atoms with Crippen LogP contribution in [-0.4, -0.2) is 3.21 Å². The van der Waals surface area contributed by atoms with Crippen molar-refractivity contribution in [3.05, 3.63) is 117 Å². The zero-order valence-electron chi connectivity index (χ0n) is 30.8. The number of hydrogen-bond donors (Lipinski definition) is 0. The van der Waals surface area contributed by atoms with Gasteiger partial charge in [0.1, 0.15) is 0 Å². The Morgan fingerprint density at radius 2 is 1.40 bits per heavy atom. The molecule has 0 saturated heterocycles. The van der Waals surface area contributed by atoms with Gasteiger partial charge in [-0.3, -0.25) is 6.08 Å². The molecule has 47 heavy (non-hydrogen) atoms. The van der Waals surface area contributed by atoms with Gasteiger partial charge in [0.25, 0.3) is 0 Å². The molecule has 3 aliphatic carbocycles. The molecule has 0 bridgehead atoms. The molecule has 1 unspecified atom stereocenters. The second-order valence-corrected chi connectivity index (χ2v) is 17.9. The van der Waals surface area contributed by atoms with E-state index < -0.39 is 0 Å². The minimum absolute atomic E-state index is 0. The molecule has 252 valence electrons. The number of allylic oxidation sites excluding steroid dienone is 4. The topological polar surface area (TPSA) is 0 Å². The first-order valence-corrected chi connectivity index (χ1v) is 18.4. The van der Waals surface area contributed by atoms with E-state index in [0.29, 0.717) is 11.3 Å². The van der Waals surface area contributed by atoms with E-state index in [4.69, 9.17) is 0 Å². The van der Waals surface area contributed by atoms with Crippen molar-refractivity contribution >= 4 is 3.21 Å². The molecule has 0 spiro atoms. The van der Waals surface area contributed by atoms with Gasteiger partial charge in [-0.05, 0) is 35.4 Å². The van der Waals surface area contributed by atoms with E-state index in [0.717, 1.165) is 6.42 Å². The van der Waals surface area contributed by atoms with Gasteiger partial charge in [0.05, 0.1) is 0 Å².